The highest BCUT2D eigenvalue weighted by atomic mass is 32.1. The Balaban J connectivity index is 1.74. The number of hydrogen-bond donors (Lipinski definition) is 1. The lowest BCUT2D eigenvalue weighted by Gasteiger charge is -2.19. The van der Waals surface area contributed by atoms with Crippen molar-refractivity contribution in [1.29, 1.82) is 0 Å². The molecular formula is C19H21N3OS. The van der Waals surface area contributed by atoms with E-state index in [2.05, 4.69) is 40.9 Å². The van der Waals surface area contributed by atoms with Crippen LogP contribution in [-0.4, -0.2) is 15.7 Å². The standard InChI is InChI=1S/C19H21N3OS/c1-14-8-9-24-19(14)17(10-15-6-4-3-5-7-15)21-18(23)11-16-12-20-22(2)13-16/h3-9,12-13,17H,10-11H2,1-2H3,(H,21,23)/t17-/m0/s1. The summed E-state index contributed by atoms with van der Waals surface area (Å²) in [6.45, 7) is 2.09. The molecule has 1 N–H and O–H groups in total. The van der Waals surface area contributed by atoms with Gasteiger partial charge in [-0.1, -0.05) is 30.3 Å². The molecule has 5 heteroatoms. The van der Waals surface area contributed by atoms with E-state index in [9.17, 15) is 4.79 Å². The van der Waals surface area contributed by atoms with Crippen LogP contribution < -0.4 is 5.32 Å². The maximum absolute atomic E-state index is 12.5. The first-order valence-corrected chi connectivity index (χ1v) is 8.84. The Bertz CT molecular complexity index is 807. The number of carbonyl (C=O) groups is 1. The molecule has 0 saturated heterocycles. The summed E-state index contributed by atoms with van der Waals surface area (Å²) in [4.78, 5) is 13.7. The minimum Gasteiger partial charge on any atom is -0.348 e. The molecule has 3 aromatic rings. The fourth-order valence-corrected chi connectivity index (χ4v) is 3.77. The molecule has 2 heterocycles. The molecule has 0 fully saturated rings. The molecule has 1 atom stereocenters. The molecule has 0 aliphatic rings. The monoisotopic (exact) mass is 339 g/mol. The predicted molar refractivity (Wildman–Crippen MR) is 97.0 cm³/mol. The molecule has 0 unspecified atom stereocenters. The molecule has 1 amide bonds. The number of hydrogen-bond acceptors (Lipinski definition) is 3. The minimum absolute atomic E-state index is 0.00317. The minimum atomic E-state index is -0.00317. The number of amides is 1. The molecule has 0 bridgehead atoms. The maximum Gasteiger partial charge on any atom is 0.225 e. The van der Waals surface area contributed by atoms with Crippen LogP contribution in [0.15, 0.2) is 54.2 Å². The van der Waals surface area contributed by atoms with Gasteiger partial charge >= 0.3 is 0 Å². The van der Waals surface area contributed by atoms with Gasteiger partial charge in [-0.3, -0.25) is 9.48 Å². The van der Waals surface area contributed by atoms with E-state index in [1.54, 1.807) is 22.2 Å². The molecule has 0 radical (unpaired) electrons. The average molecular weight is 339 g/mol. The van der Waals surface area contributed by atoms with Crippen LogP contribution in [0, 0.1) is 6.92 Å². The summed E-state index contributed by atoms with van der Waals surface area (Å²) in [5.74, 6) is 0.0248. The summed E-state index contributed by atoms with van der Waals surface area (Å²) < 4.78 is 1.72. The van der Waals surface area contributed by atoms with Gasteiger partial charge in [-0.15, -0.1) is 11.3 Å². The van der Waals surface area contributed by atoms with Crippen molar-refractivity contribution in [2.75, 3.05) is 0 Å². The topological polar surface area (TPSA) is 46.9 Å². The van der Waals surface area contributed by atoms with Gasteiger partial charge in [0.05, 0.1) is 18.7 Å². The third-order valence-electron chi connectivity index (χ3n) is 3.96. The Hall–Kier alpha value is -2.40. The number of nitrogens with zero attached hydrogens (tertiary/aromatic N) is 2. The second-order valence-corrected chi connectivity index (χ2v) is 6.92. The number of aryl methyl sites for hydroxylation is 2. The molecule has 124 valence electrons. The average Bonchev–Trinajstić information content (AvgIpc) is 3.16. The number of carbonyl (C=O) groups excluding carboxylic acids is 1. The van der Waals surface area contributed by atoms with Crippen LogP contribution in [0.1, 0.15) is 27.6 Å². The predicted octanol–water partition coefficient (Wildman–Crippen LogP) is 3.43. The van der Waals surface area contributed by atoms with Crippen LogP contribution in [0.5, 0.6) is 0 Å². The van der Waals surface area contributed by atoms with E-state index in [-0.39, 0.29) is 11.9 Å². The number of rotatable bonds is 6. The summed E-state index contributed by atoms with van der Waals surface area (Å²) in [7, 11) is 1.86. The van der Waals surface area contributed by atoms with Crippen molar-refractivity contribution in [2.45, 2.75) is 25.8 Å². The summed E-state index contributed by atoms with van der Waals surface area (Å²) in [5.41, 5.74) is 3.37. The van der Waals surface area contributed by atoms with Crippen LogP contribution in [-0.2, 0) is 24.7 Å². The highest BCUT2D eigenvalue weighted by molar-refractivity contribution is 7.10. The lowest BCUT2D eigenvalue weighted by Crippen LogP contribution is -2.31. The van der Waals surface area contributed by atoms with Crippen LogP contribution in [0.25, 0.3) is 0 Å². The SMILES string of the molecule is Cc1ccsc1[C@H](Cc1ccccc1)NC(=O)Cc1cnn(C)c1. The molecule has 0 saturated carbocycles. The van der Waals surface area contributed by atoms with Gasteiger partial charge in [0.1, 0.15) is 0 Å². The molecule has 1 aromatic carbocycles. The van der Waals surface area contributed by atoms with Gasteiger partial charge in [0.2, 0.25) is 5.91 Å². The summed E-state index contributed by atoms with van der Waals surface area (Å²) in [6.07, 6.45) is 4.76. The second-order valence-electron chi connectivity index (χ2n) is 5.98. The molecule has 4 nitrogen and oxygen atoms in total. The Morgan fingerprint density at radius 3 is 2.67 bits per heavy atom. The first kappa shape index (κ1) is 16.5. The van der Waals surface area contributed by atoms with Gasteiger partial charge in [-0.25, -0.2) is 0 Å². The third-order valence-corrected chi connectivity index (χ3v) is 5.09. The van der Waals surface area contributed by atoms with Gasteiger partial charge in [0, 0.05) is 18.1 Å². The number of thiophene rings is 1. The number of benzene rings is 1. The van der Waals surface area contributed by atoms with Crippen molar-refractivity contribution < 1.29 is 4.79 Å². The highest BCUT2D eigenvalue weighted by Gasteiger charge is 2.19. The Kier molecular flexibility index (Phi) is 5.11. The zero-order chi connectivity index (χ0) is 16.9. The Labute approximate surface area is 146 Å². The van der Waals surface area contributed by atoms with Crippen molar-refractivity contribution in [1.82, 2.24) is 15.1 Å². The van der Waals surface area contributed by atoms with Gasteiger partial charge < -0.3 is 5.32 Å². The molecular weight excluding hydrogens is 318 g/mol. The molecule has 2 aromatic heterocycles. The lowest BCUT2D eigenvalue weighted by atomic mass is 10.0. The molecule has 0 aliphatic carbocycles. The van der Waals surface area contributed by atoms with Gasteiger partial charge in [0.15, 0.2) is 0 Å². The van der Waals surface area contributed by atoms with E-state index in [0.29, 0.717) is 6.42 Å². The van der Waals surface area contributed by atoms with Crippen molar-refractivity contribution in [3.8, 4) is 0 Å². The number of nitrogens with one attached hydrogen (secondary N) is 1. The quantitative estimate of drug-likeness (QED) is 0.748. The number of aromatic nitrogens is 2. The third kappa shape index (κ3) is 4.11. The smallest absolute Gasteiger partial charge is 0.225 e. The van der Waals surface area contributed by atoms with E-state index in [4.69, 9.17) is 0 Å². The summed E-state index contributed by atoms with van der Waals surface area (Å²) in [5, 5.41) is 9.40. The lowest BCUT2D eigenvalue weighted by molar-refractivity contribution is -0.121. The van der Waals surface area contributed by atoms with Gasteiger partial charge in [-0.2, -0.15) is 5.10 Å². The first-order valence-electron chi connectivity index (χ1n) is 7.96. The second kappa shape index (κ2) is 7.45. The Morgan fingerprint density at radius 2 is 2.04 bits per heavy atom. The van der Waals surface area contributed by atoms with E-state index < -0.39 is 0 Å². The van der Waals surface area contributed by atoms with Gasteiger partial charge in [-0.05, 0) is 41.5 Å². The van der Waals surface area contributed by atoms with Crippen molar-refractivity contribution in [3.63, 3.8) is 0 Å². The van der Waals surface area contributed by atoms with E-state index in [1.807, 2.05) is 31.4 Å². The maximum atomic E-state index is 12.5. The molecule has 0 aliphatic heterocycles. The molecule has 0 spiro atoms. The summed E-state index contributed by atoms with van der Waals surface area (Å²) >= 11 is 1.70. The van der Waals surface area contributed by atoms with Crippen LogP contribution in [0.2, 0.25) is 0 Å². The fourth-order valence-electron chi connectivity index (χ4n) is 2.79. The van der Waals surface area contributed by atoms with E-state index >= 15 is 0 Å². The normalized spacial score (nSPS) is 12.1. The van der Waals surface area contributed by atoms with Crippen LogP contribution >= 0.6 is 11.3 Å². The van der Waals surface area contributed by atoms with Crippen LogP contribution in [0.3, 0.4) is 0 Å². The van der Waals surface area contributed by atoms with E-state index in [0.717, 1.165) is 12.0 Å². The summed E-state index contributed by atoms with van der Waals surface area (Å²) in [6, 6.07) is 12.4. The molecule has 3 rings (SSSR count). The zero-order valence-corrected chi connectivity index (χ0v) is 14.7. The van der Waals surface area contributed by atoms with Crippen molar-refractivity contribution in [2.24, 2.45) is 7.05 Å². The van der Waals surface area contributed by atoms with Crippen molar-refractivity contribution in [3.05, 3.63) is 75.7 Å². The van der Waals surface area contributed by atoms with Gasteiger partial charge in [0.25, 0.3) is 0 Å². The first-order chi connectivity index (χ1) is 11.6. The fraction of sp³-hybridized carbons (Fsp3) is 0.263. The molecule has 24 heavy (non-hydrogen) atoms. The largest absolute Gasteiger partial charge is 0.348 e. The van der Waals surface area contributed by atoms with Crippen molar-refractivity contribution >= 4 is 17.2 Å². The highest BCUT2D eigenvalue weighted by Crippen LogP contribution is 2.27. The Morgan fingerprint density at radius 1 is 1.25 bits per heavy atom. The van der Waals surface area contributed by atoms with E-state index in [1.165, 1.54) is 16.0 Å². The van der Waals surface area contributed by atoms with Crippen LogP contribution in [0.4, 0.5) is 0 Å². The zero-order valence-electron chi connectivity index (χ0n) is 13.9.